The van der Waals surface area contributed by atoms with Gasteiger partial charge in [0.2, 0.25) is 5.91 Å². The minimum atomic E-state index is -0.505. The largest absolute Gasteiger partial charge is 0.484 e. The number of nitrogens with one attached hydrogen (secondary N) is 2. The van der Waals surface area contributed by atoms with Gasteiger partial charge in [0.25, 0.3) is 5.91 Å². The number of likely N-dealkylation sites (N-methyl/N-ethyl adjacent to an activating group) is 1. The summed E-state index contributed by atoms with van der Waals surface area (Å²) in [6.45, 7) is 5.39. The molecule has 30 heavy (non-hydrogen) atoms. The minimum Gasteiger partial charge on any atom is -0.484 e. The molecule has 0 spiro atoms. The highest BCUT2D eigenvalue weighted by atomic mass is 16.5. The van der Waals surface area contributed by atoms with Gasteiger partial charge in [-0.3, -0.25) is 14.5 Å². The number of benzene rings is 1. The van der Waals surface area contributed by atoms with Crippen molar-refractivity contribution in [1.29, 1.82) is 0 Å². The molecule has 0 aliphatic carbocycles. The zero-order chi connectivity index (χ0) is 21.9. The predicted octanol–water partition coefficient (Wildman–Crippen LogP) is 0.158. The monoisotopic (exact) mass is 418 g/mol. The number of primary amides is 1. The predicted molar refractivity (Wildman–Crippen MR) is 117 cm³/mol. The zero-order valence-electron chi connectivity index (χ0n) is 18.2. The van der Waals surface area contributed by atoms with Crippen molar-refractivity contribution in [2.45, 2.75) is 32.4 Å². The van der Waals surface area contributed by atoms with Gasteiger partial charge in [-0.25, -0.2) is 4.99 Å². The topological polar surface area (TPSA) is 112 Å². The summed E-state index contributed by atoms with van der Waals surface area (Å²) in [5.74, 6) is 0.996. The lowest BCUT2D eigenvalue weighted by molar-refractivity contribution is -0.130. The van der Waals surface area contributed by atoms with Gasteiger partial charge in [-0.2, -0.15) is 0 Å². The summed E-state index contributed by atoms with van der Waals surface area (Å²) in [5, 5.41) is 6.79. The second-order valence-electron chi connectivity index (χ2n) is 7.58. The van der Waals surface area contributed by atoms with Crippen molar-refractivity contribution in [3.05, 3.63) is 29.8 Å². The summed E-state index contributed by atoms with van der Waals surface area (Å²) in [6, 6.07) is 7.79. The molecule has 1 saturated heterocycles. The number of guanidine groups is 1. The van der Waals surface area contributed by atoms with Crippen LogP contribution in [0.3, 0.4) is 0 Å². The highest BCUT2D eigenvalue weighted by molar-refractivity contribution is 5.80. The molecule has 9 nitrogen and oxygen atoms in total. The van der Waals surface area contributed by atoms with Crippen molar-refractivity contribution in [2.24, 2.45) is 10.7 Å². The number of aliphatic imine (C=N–C) groups is 1. The first-order chi connectivity index (χ1) is 14.4. The number of likely N-dealkylation sites (tertiary alicyclic amines) is 1. The fourth-order valence-electron chi connectivity index (χ4n) is 3.14. The van der Waals surface area contributed by atoms with Crippen LogP contribution < -0.4 is 21.1 Å². The number of carbonyl (C=O) groups excluding carboxylic acids is 2. The SMILES string of the molecule is CCNC(=NCc1cccc(OCC(N)=O)c1)NC1CCN(CC(=O)N(C)C)CC1. The lowest BCUT2D eigenvalue weighted by Crippen LogP contribution is -2.50. The molecule has 0 saturated carbocycles. The number of hydrogen-bond acceptors (Lipinski definition) is 5. The van der Waals surface area contributed by atoms with Gasteiger partial charge in [0.1, 0.15) is 5.75 Å². The van der Waals surface area contributed by atoms with E-state index in [2.05, 4.69) is 20.5 Å². The van der Waals surface area contributed by atoms with Crippen molar-refractivity contribution in [3.8, 4) is 5.75 Å². The molecule has 166 valence electrons. The van der Waals surface area contributed by atoms with Crippen molar-refractivity contribution >= 4 is 17.8 Å². The van der Waals surface area contributed by atoms with E-state index >= 15 is 0 Å². The molecule has 1 aromatic carbocycles. The van der Waals surface area contributed by atoms with Crippen molar-refractivity contribution < 1.29 is 14.3 Å². The van der Waals surface area contributed by atoms with E-state index in [4.69, 9.17) is 10.5 Å². The van der Waals surface area contributed by atoms with Crippen LogP contribution in [0.4, 0.5) is 0 Å². The number of nitrogens with zero attached hydrogens (tertiary/aromatic N) is 3. The molecule has 0 atom stereocenters. The molecule has 1 aromatic rings. The molecule has 1 fully saturated rings. The number of hydrogen-bond donors (Lipinski definition) is 3. The van der Waals surface area contributed by atoms with Gasteiger partial charge < -0.3 is 26.0 Å². The molecule has 2 rings (SSSR count). The van der Waals surface area contributed by atoms with Gasteiger partial charge in [-0.05, 0) is 37.5 Å². The first-order valence-corrected chi connectivity index (χ1v) is 10.3. The van der Waals surface area contributed by atoms with E-state index in [9.17, 15) is 9.59 Å². The van der Waals surface area contributed by atoms with Gasteiger partial charge >= 0.3 is 0 Å². The molecule has 0 radical (unpaired) electrons. The van der Waals surface area contributed by atoms with Crippen LogP contribution >= 0.6 is 0 Å². The summed E-state index contributed by atoms with van der Waals surface area (Å²) >= 11 is 0. The lowest BCUT2D eigenvalue weighted by Gasteiger charge is -2.33. The Hall–Kier alpha value is -2.81. The third-order valence-electron chi connectivity index (χ3n) is 4.83. The molecule has 4 N–H and O–H groups in total. The minimum absolute atomic E-state index is 0.137. The Morgan fingerprint density at radius 2 is 2.03 bits per heavy atom. The van der Waals surface area contributed by atoms with Crippen LogP contribution in [0.2, 0.25) is 0 Å². The van der Waals surface area contributed by atoms with Gasteiger partial charge in [0, 0.05) is 39.8 Å². The second kappa shape index (κ2) is 12.0. The number of nitrogens with two attached hydrogens (primary N) is 1. The summed E-state index contributed by atoms with van der Waals surface area (Å²) in [4.78, 5) is 31.3. The summed E-state index contributed by atoms with van der Waals surface area (Å²) in [7, 11) is 3.57. The fraction of sp³-hybridized carbons (Fsp3) is 0.571. The molecule has 0 unspecified atom stereocenters. The summed E-state index contributed by atoms with van der Waals surface area (Å²) in [6.07, 6.45) is 1.92. The maximum absolute atomic E-state index is 11.9. The van der Waals surface area contributed by atoms with Gasteiger partial charge in [-0.1, -0.05) is 12.1 Å². The lowest BCUT2D eigenvalue weighted by atomic mass is 10.1. The van der Waals surface area contributed by atoms with Gasteiger partial charge in [0.05, 0.1) is 13.1 Å². The zero-order valence-corrected chi connectivity index (χ0v) is 18.2. The Morgan fingerprint density at radius 1 is 1.30 bits per heavy atom. The first-order valence-electron chi connectivity index (χ1n) is 10.3. The van der Waals surface area contributed by atoms with E-state index in [0.29, 0.717) is 24.9 Å². The molecule has 2 amide bonds. The third-order valence-corrected chi connectivity index (χ3v) is 4.83. The summed E-state index contributed by atoms with van der Waals surface area (Å²) < 4.78 is 5.35. The van der Waals surface area contributed by atoms with Crippen LogP contribution in [0.5, 0.6) is 5.75 Å². The van der Waals surface area contributed by atoms with E-state index in [1.165, 1.54) is 0 Å². The van der Waals surface area contributed by atoms with Gasteiger partial charge in [-0.15, -0.1) is 0 Å². The van der Waals surface area contributed by atoms with E-state index in [0.717, 1.165) is 44.0 Å². The number of piperidine rings is 1. The van der Waals surface area contributed by atoms with Crippen LogP contribution in [0.15, 0.2) is 29.3 Å². The fourth-order valence-corrected chi connectivity index (χ4v) is 3.14. The van der Waals surface area contributed by atoms with Crippen molar-refractivity contribution in [1.82, 2.24) is 20.4 Å². The Morgan fingerprint density at radius 3 is 2.67 bits per heavy atom. The molecule has 0 bridgehead atoms. The van der Waals surface area contributed by atoms with Crippen LogP contribution in [0, 0.1) is 0 Å². The Bertz CT molecular complexity index is 729. The second-order valence-corrected chi connectivity index (χ2v) is 7.58. The molecule has 0 aromatic heterocycles. The highest BCUT2D eigenvalue weighted by Gasteiger charge is 2.22. The van der Waals surface area contributed by atoms with E-state index in [1.54, 1.807) is 25.1 Å². The first kappa shape index (κ1) is 23.5. The smallest absolute Gasteiger partial charge is 0.255 e. The van der Waals surface area contributed by atoms with Crippen LogP contribution in [0.25, 0.3) is 0 Å². The average molecular weight is 419 g/mol. The van der Waals surface area contributed by atoms with Crippen LogP contribution in [-0.2, 0) is 16.1 Å². The molecule has 1 aliphatic rings. The highest BCUT2D eigenvalue weighted by Crippen LogP contribution is 2.14. The van der Waals surface area contributed by atoms with Gasteiger partial charge in [0.15, 0.2) is 12.6 Å². The number of carbonyl (C=O) groups is 2. The van der Waals surface area contributed by atoms with E-state index in [1.807, 2.05) is 25.1 Å². The maximum Gasteiger partial charge on any atom is 0.255 e. The molecule has 9 heteroatoms. The molecular formula is C21H34N6O3. The third kappa shape index (κ3) is 8.28. The molecule has 1 aliphatic heterocycles. The average Bonchev–Trinajstić information content (AvgIpc) is 2.72. The number of ether oxygens (including phenoxy) is 1. The Balaban J connectivity index is 1.87. The van der Waals surface area contributed by atoms with E-state index in [-0.39, 0.29) is 12.5 Å². The standard InChI is InChI=1S/C21H34N6O3/c1-4-23-21(24-13-16-6-5-7-18(12-16)30-15-19(22)28)25-17-8-10-27(11-9-17)14-20(29)26(2)3/h5-7,12,17H,4,8-11,13-15H2,1-3H3,(H2,22,28)(H2,23,24,25). The molecular weight excluding hydrogens is 384 g/mol. The Labute approximate surface area is 178 Å². The van der Waals surface area contributed by atoms with Crippen LogP contribution in [0.1, 0.15) is 25.3 Å². The summed E-state index contributed by atoms with van der Waals surface area (Å²) in [5.41, 5.74) is 6.10. The van der Waals surface area contributed by atoms with E-state index < -0.39 is 5.91 Å². The van der Waals surface area contributed by atoms with Crippen molar-refractivity contribution in [2.75, 3.05) is 46.9 Å². The van der Waals surface area contributed by atoms with Crippen LogP contribution in [-0.4, -0.2) is 80.5 Å². The normalized spacial score (nSPS) is 15.5. The maximum atomic E-state index is 11.9. The van der Waals surface area contributed by atoms with Crippen molar-refractivity contribution in [3.63, 3.8) is 0 Å². The number of rotatable bonds is 9. The Kier molecular flexibility index (Phi) is 9.40. The quantitative estimate of drug-likeness (QED) is 0.389. The molecule has 1 heterocycles. The number of amides is 2.